The molecule has 1 aromatic carbocycles. The van der Waals surface area contributed by atoms with E-state index >= 15 is 0 Å². The number of ether oxygens (including phenoxy) is 1. The van der Waals surface area contributed by atoms with Crippen LogP contribution in [0.3, 0.4) is 0 Å². The highest BCUT2D eigenvalue weighted by Gasteiger charge is 2.52. The number of carbonyl (C=O) groups excluding carboxylic acids is 3. The zero-order valence-electron chi connectivity index (χ0n) is 24.3. The highest BCUT2D eigenvalue weighted by atomic mass is 19.1. The van der Waals surface area contributed by atoms with Crippen molar-refractivity contribution in [3.63, 3.8) is 0 Å². The van der Waals surface area contributed by atoms with Gasteiger partial charge in [-0.1, -0.05) is 26.8 Å². The first kappa shape index (κ1) is 29.6. The predicted octanol–water partition coefficient (Wildman–Crippen LogP) is 5.23. The summed E-state index contributed by atoms with van der Waals surface area (Å²) in [5, 5.41) is 0. The van der Waals surface area contributed by atoms with Gasteiger partial charge in [0.2, 0.25) is 0 Å². The summed E-state index contributed by atoms with van der Waals surface area (Å²) >= 11 is 0. The monoisotopic (exact) mass is 550 g/mol. The molecule has 1 aromatic rings. The summed E-state index contributed by atoms with van der Waals surface area (Å²) in [7, 11) is 1.31. The molecule has 1 heterocycles. The molecule has 2 aliphatic carbocycles. The molecule has 0 radical (unpaired) electrons. The van der Waals surface area contributed by atoms with Crippen LogP contribution in [0.1, 0.15) is 78.2 Å². The fourth-order valence-corrected chi connectivity index (χ4v) is 6.22. The van der Waals surface area contributed by atoms with Gasteiger partial charge < -0.3 is 9.64 Å². The van der Waals surface area contributed by atoms with Gasteiger partial charge in [-0.05, 0) is 92.7 Å². The van der Waals surface area contributed by atoms with Crippen LogP contribution < -0.4 is 0 Å². The van der Waals surface area contributed by atoms with Gasteiger partial charge in [-0.3, -0.25) is 14.6 Å². The number of nitrogens with zero attached hydrogens (tertiary/aromatic N) is 3. The number of aliphatic imine (C=N–C) groups is 1. The summed E-state index contributed by atoms with van der Waals surface area (Å²) in [6.07, 6.45) is 8.48. The van der Waals surface area contributed by atoms with Crippen LogP contribution in [0.5, 0.6) is 0 Å². The van der Waals surface area contributed by atoms with Crippen molar-refractivity contribution < 1.29 is 28.1 Å². The van der Waals surface area contributed by atoms with E-state index in [-0.39, 0.29) is 42.1 Å². The lowest BCUT2D eigenvalue weighted by molar-refractivity contribution is -0.436. The molecule has 1 fully saturated rings. The Bertz CT molecular complexity index is 1280. The van der Waals surface area contributed by atoms with Crippen LogP contribution >= 0.6 is 0 Å². The van der Waals surface area contributed by atoms with Gasteiger partial charge in [0.05, 0.1) is 18.7 Å². The molecule has 3 aliphatic rings. The van der Waals surface area contributed by atoms with Gasteiger partial charge >= 0.3 is 11.9 Å². The minimum Gasteiger partial charge on any atom is -0.469 e. The maximum Gasteiger partial charge on any atom is 0.414 e. The molecule has 0 bridgehead atoms. The van der Waals surface area contributed by atoms with Crippen LogP contribution in [0.15, 0.2) is 52.6 Å². The quantitative estimate of drug-likeness (QED) is 0.265. The van der Waals surface area contributed by atoms with Gasteiger partial charge in [-0.25, -0.2) is 9.18 Å². The van der Waals surface area contributed by atoms with Crippen molar-refractivity contribution in [2.75, 3.05) is 13.7 Å². The second-order valence-corrected chi connectivity index (χ2v) is 12.3. The lowest BCUT2D eigenvalue weighted by atomic mass is 9.69. The molecular formula is C32H41FN3O4+. The van der Waals surface area contributed by atoms with E-state index in [1.54, 1.807) is 18.2 Å². The number of halogens is 1. The highest BCUT2D eigenvalue weighted by molar-refractivity contribution is 6.46. The molecular weight excluding hydrogens is 509 g/mol. The number of esters is 1. The molecule has 7 nitrogen and oxygen atoms in total. The largest absolute Gasteiger partial charge is 0.469 e. The van der Waals surface area contributed by atoms with E-state index in [1.165, 1.54) is 23.8 Å². The van der Waals surface area contributed by atoms with E-state index in [1.807, 2.05) is 17.9 Å². The molecule has 2 amide bonds. The number of carbonyl (C=O) groups is 3. The van der Waals surface area contributed by atoms with E-state index < -0.39 is 11.6 Å². The SMILES string of the molecule is C=[N+](CCC(=O)OC)C(=O)C1=CC=C(C(C)N2C(=O)C(c3ccc(F)cc3)=NC23CCC(C(C)(C)C)CC3)CC1. The summed E-state index contributed by atoms with van der Waals surface area (Å²) in [5.41, 5.74) is 2.24. The Hall–Kier alpha value is -3.42. The van der Waals surface area contributed by atoms with Crippen molar-refractivity contribution in [2.45, 2.75) is 84.3 Å². The van der Waals surface area contributed by atoms with Gasteiger partial charge in [0, 0.05) is 5.56 Å². The van der Waals surface area contributed by atoms with Gasteiger partial charge in [0.15, 0.2) is 6.54 Å². The van der Waals surface area contributed by atoms with Crippen molar-refractivity contribution in [3.8, 4) is 0 Å². The van der Waals surface area contributed by atoms with Crippen molar-refractivity contribution in [1.29, 1.82) is 0 Å². The number of rotatable bonds is 7. The summed E-state index contributed by atoms with van der Waals surface area (Å²) in [6.45, 7) is 12.8. The number of hydrogen-bond acceptors (Lipinski definition) is 5. The third-order valence-corrected chi connectivity index (χ3v) is 8.80. The number of allylic oxidation sites excluding steroid dienone is 2. The van der Waals surface area contributed by atoms with E-state index in [9.17, 15) is 18.8 Å². The number of amides is 2. The molecule has 4 rings (SSSR count). The van der Waals surface area contributed by atoms with Crippen LogP contribution in [-0.4, -0.2) is 65.0 Å². The zero-order valence-corrected chi connectivity index (χ0v) is 24.3. The molecule has 0 aromatic heterocycles. The molecule has 1 unspecified atom stereocenters. The molecule has 0 saturated heterocycles. The predicted molar refractivity (Wildman–Crippen MR) is 153 cm³/mol. The number of benzene rings is 1. The smallest absolute Gasteiger partial charge is 0.414 e. The van der Waals surface area contributed by atoms with Gasteiger partial charge in [-0.2, -0.15) is 4.58 Å². The topological polar surface area (TPSA) is 79.0 Å². The van der Waals surface area contributed by atoms with Crippen LogP contribution in [0, 0.1) is 17.2 Å². The van der Waals surface area contributed by atoms with Gasteiger partial charge in [0.1, 0.15) is 30.3 Å². The van der Waals surface area contributed by atoms with E-state index in [0.717, 1.165) is 31.3 Å². The van der Waals surface area contributed by atoms with Crippen LogP contribution in [0.4, 0.5) is 4.39 Å². The minimum atomic E-state index is -0.638. The highest BCUT2D eigenvalue weighted by Crippen LogP contribution is 2.48. The fourth-order valence-electron chi connectivity index (χ4n) is 6.22. The third-order valence-electron chi connectivity index (χ3n) is 8.80. The van der Waals surface area contributed by atoms with Crippen LogP contribution in [0.2, 0.25) is 0 Å². The van der Waals surface area contributed by atoms with E-state index in [0.29, 0.717) is 35.6 Å². The average molecular weight is 551 g/mol. The minimum absolute atomic E-state index is 0.0861. The fraction of sp³-hybridized carbons (Fsp3) is 0.531. The van der Waals surface area contributed by atoms with Crippen LogP contribution in [-0.2, 0) is 19.1 Å². The molecule has 1 saturated carbocycles. The Morgan fingerprint density at radius 3 is 2.38 bits per heavy atom. The first-order valence-corrected chi connectivity index (χ1v) is 14.1. The molecule has 8 heteroatoms. The second kappa shape index (κ2) is 11.6. The third kappa shape index (κ3) is 6.01. The lowest BCUT2D eigenvalue weighted by Crippen LogP contribution is -2.54. The molecule has 1 spiro atoms. The molecule has 0 N–H and O–H groups in total. The Kier molecular flexibility index (Phi) is 8.57. The van der Waals surface area contributed by atoms with Crippen molar-refractivity contribution in [3.05, 3.63) is 58.9 Å². The summed E-state index contributed by atoms with van der Waals surface area (Å²) in [6, 6.07) is 5.76. The van der Waals surface area contributed by atoms with E-state index in [2.05, 4.69) is 32.2 Å². The second-order valence-electron chi connectivity index (χ2n) is 12.3. The first-order valence-electron chi connectivity index (χ1n) is 14.1. The first-order chi connectivity index (χ1) is 18.9. The Morgan fingerprint density at radius 2 is 1.82 bits per heavy atom. The summed E-state index contributed by atoms with van der Waals surface area (Å²) < 4.78 is 19.6. The Morgan fingerprint density at radius 1 is 1.18 bits per heavy atom. The maximum absolute atomic E-state index is 14.0. The molecule has 1 atom stereocenters. The normalized spacial score (nSPS) is 23.9. The maximum atomic E-state index is 14.0. The van der Waals surface area contributed by atoms with Gasteiger partial charge in [-0.15, -0.1) is 0 Å². The Labute approximate surface area is 236 Å². The molecule has 1 aliphatic heterocycles. The summed E-state index contributed by atoms with van der Waals surface area (Å²) in [4.78, 5) is 45.3. The average Bonchev–Trinajstić information content (AvgIpc) is 3.21. The van der Waals surface area contributed by atoms with E-state index in [4.69, 9.17) is 4.99 Å². The molecule has 214 valence electrons. The Balaban J connectivity index is 1.58. The molecule has 40 heavy (non-hydrogen) atoms. The number of methoxy groups -OCH3 is 1. The van der Waals surface area contributed by atoms with Gasteiger partial charge in [0.25, 0.3) is 5.91 Å². The zero-order chi connectivity index (χ0) is 29.2. The van der Waals surface area contributed by atoms with Crippen LogP contribution in [0.25, 0.3) is 0 Å². The summed E-state index contributed by atoms with van der Waals surface area (Å²) in [5.74, 6) is -0.547. The van der Waals surface area contributed by atoms with Crippen molar-refractivity contribution in [1.82, 2.24) is 4.90 Å². The lowest BCUT2D eigenvalue weighted by Gasteiger charge is -2.47. The van der Waals surface area contributed by atoms with Crippen molar-refractivity contribution >= 4 is 30.2 Å². The standard InChI is InChI=1S/C32H41FN3O4/c1-21(22-7-9-24(10-8-22)29(38)35(5)20-17-27(37)40-6)36-30(39)28(23-11-13-26(33)14-12-23)34-32(36)18-15-25(16-19-32)31(2,3)4/h7,9,11-14,21,25H,5,8,10,15-20H2,1-4,6H3/q+1. The number of hydrogen-bond donors (Lipinski definition) is 0. The van der Waals surface area contributed by atoms with Crippen molar-refractivity contribution in [2.24, 2.45) is 16.3 Å².